The maximum Gasteiger partial charge on any atom is 0.159 e. The van der Waals surface area contributed by atoms with Gasteiger partial charge >= 0.3 is 0 Å². The van der Waals surface area contributed by atoms with Crippen molar-refractivity contribution in [2.24, 2.45) is 0 Å². The Balaban J connectivity index is 2.12. The van der Waals surface area contributed by atoms with Gasteiger partial charge in [-0.05, 0) is 49.2 Å². The number of thiophene rings is 1. The first-order chi connectivity index (χ1) is 11.0. The third-order valence-corrected chi connectivity index (χ3v) is 5.59. The van der Waals surface area contributed by atoms with Crippen molar-refractivity contribution in [3.8, 4) is 20.9 Å². The number of ketones is 1. The van der Waals surface area contributed by atoms with Gasteiger partial charge in [0, 0.05) is 20.9 Å². The molecule has 0 unspecified atom stereocenters. The Morgan fingerprint density at radius 3 is 2.30 bits per heavy atom. The van der Waals surface area contributed by atoms with Crippen molar-refractivity contribution in [1.29, 1.82) is 0 Å². The van der Waals surface area contributed by atoms with Crippen LogP contribution in [-0.2, 0) is 0 Å². The molecule has 4 heteroatoms. The van der Waals surface area contributed by atoms with E-state index in [9.17, 15) is 4.79 Å². The molecule has 1 heterocycles. The summed E-state index contributed by atoms with van der Waals surface area (Å²) in [7, 11) is 0. The van der Waals surface area contributed by atoms with E-state index in [2.05, 4.69) is 13.0 Å². The lowest BCUT2D eigenvalue weighted by Gasteiger charge is -2.04. The fraction of sp³-hybridized carbons (Fsp3) is 0.105. The molecule has 0 radical (unpaired) electrons. The third kappa shape index (κ3) is 3.20. The number of rotatable bonds is 3. The highest BCUT2D eigenvalue weighted by atomic mass is 35.5. The molecule has 1 aromatic heterocycles. The lowest BCUT2D eigenvalue weighted by atomic mass is 10.0. The quantitative estimate of drug-likeness (QED) is 0.464. The topological polar surface area (TPSA) is 17.1 Å². The van der Waals surface area contributed by atoms with Crippen LogP contribution in [-0.4, -0.2) is 5.78 Å². The first kappa shape index (κ1) is 16.3. The molecule has 0 saturated heterocycles. The Morgan fingerprint density at radius 2 is 1.65 bits per heavy atom. The van der Waals surface area contributed by atoms with Crippen molar-refractivity contribution in [2.45, 2.75) is 13.8 Å². The summed E-state index contributed by atoms with van der Waals surface area (Å²) >= 11 is 14.3. The molecule has 1 nitrogen and oxygen atoms in total. The molecule has 0 spiro atoms. The van der Waals surface area contributed by atoms with Gasteiger partial charge in [0.1, 0.15) is 0 Å². The van der Waals surface area contributed by atoms with Crippen molar-refractivity contribution < 1.29 is 4.79 Å². The second-order valence-electron chi connectivity index (χ2n) is 5.36. The summed E-state index contributed by atoms with van der Waals surface area (Å²) in [6.45, 7) is 3.63. The molecule has 0 fully saturated rings. The number of hydrogen-bond donors (Lipinski definition) is 0. The van der Waals surface area contributed by atoms with Gasteiger partial charge in [0.15, 0.2) is 5.78 Å². The minimum Gasteiger partial charge on any atom is -0.295 e. The van der Waals surface area contributed by atoms with E-state index in [0.717, 1.165) is 26.4 Å². The molecule has 3 rings (SSSR count). The van der Waals surface area contributed by atoms with Crippen LogP contribution in [0.3, 0.4) is 0 Å². The van der Waals surface area contributed by atoms with E-state index < -0.39 is 0 Å². The molecule has 0 bridgehead atoms. The Hall–Kier alpha value is -1.61. The Kier molecular flexibility index (Phi) is 4.58. The zero-order valence-electron chi connectivity index (χ0n) is 12.7. The highest BCUT2D eigenvalue weighted by Crippen LogP contribution is 2.43. The molecule has 0 atom stereocenters. The largest absolute Gasteiger partial charge is 0.295 e. The van der Waals surface area contributed by atoms with Crippen LogP contribution < -0.4 is 0 Å². The molecule has 2 aromatic carbocycles. The van der Waals surface area contributed by atoms with Crippen LogP contribution in [0.2, 0.25) is 10.0 Å². The monoisotopic (exact) mass is 360 g/mol. The maximum absolute atomic E-state index is 11.6. The highest BCUT2D eigenvalue weighted by Gasteiger charge is 2.15. The molecule has 0 aliphatic rings. The summed E-state index contributed by atoms with van der Waals surface area (Å²) in [4.78, 5) is 13.8. The average molecular weight is 361 g/mol. The van der Waals surface area contributed by atoms with E-state index in [0.29, 0.717) is 15.6 Å². The van der Waals surface area contributed by atoms with Gasteiger partial charge in [0.05, 0.1) is 10.0 Å². The van der Waals surface area contributed by atoms with E-state index in [4.69, 9.17) is 23.2 Å². The third-order valence-electron chi connectivity index (χ3n) is 3.66. The maximum atomic E-state index is 11.6. The van der Waals surface area contributed by atoms with Gasteiger partial charge in [-0.2, -0.15) is 0 Å². The van der Waals surface area contributed by atoms with Crippen molar-refractivity contribution in [2.75, 3.05) is 0 Å². The van der Waals surface area contributed by atoms with Crippen molar-refractivity contribution in [1.82, 2.24) is 0 Å². The van der Waals surface area contributed by atoms with Gasteiger partial charge in [0.2, 0.25) is 0 Å². The van der Waals surface area contributed by atoms with Gasteiger partial charge in [-0.25, -0.2) is 0 Å². The van der Waals surface area contributed by atoms with Gasteiger partial charge in [-0.1, -0.05) is 47.5 Å². The summed E-state index contributed by atoms with van der Waals surface area (Å²) in [5.74, 6) is 0.0652. The molecular formula is C19H14Cl2OS. The molecule has 0 saturated carbocycles. The van der Waals surface area contributed by atoms with E-state index in [1.807, 2.05) is 42.5 Å². The molecule has 0 amide bonds. The summed E-state index contributed by atoms with van der Waals surface area (Å²) in [5.41, 5.74) is 3.75. The van der Waals surface area contributed by atoms with E-state index in [1.54, 1.807) is 18.3 Å². The zero-order chi connectivity index (χ0) is 16.6. The van der Waals surface area contributed by atoms with Crippen molar-refractivity contribution in [3.63, 3.8) is 0 Å². The van der Waals surface area contributed by atoms with Gasteiger partial charge in [-0.3, -0.25) is 4.79 Å². The summed E-state index contributed by atoms with van der Waals surface area (Å²) < 4.78 is 0. The first-order valence-electron chi connectivity index (χ1n) is 7.13. The minimum absolute atomic E-state index is 0.0652. The second-order valence-corrected chi connectivity index (χ2v) is 7.22. The summed E-state index contributed by atoms with van der Waals surface area (Å²) in [6, 6.07) is 15.3. The van der Waals surface area contributed by atoms with Crippen LogP contribution in [0.15, 0.2) is 48.5 Å². The SMILES string of the molecule is CC(=O)c1cccc(-c2sc(-c3c(Cl)cccc3Cl)cc2C)c1. The summed E-state index contributed by atoms with van der Waals surface area (Å²) in [5, 5.41) is 1.28. The molecule has 0 N–H and O–H groups in total. The molecule has 0 aliphatic carbocycles. The normalized spacial score (nSPS) is 10.8. The van der Waals surface area contributed by atoms with Gasteiger partial charge in [0.25, 0.3) is 0 Å². The Bertz CT molecular complexity index is 876. The number of carbonyl (C=O) groups is 1. The number of benzene rings is 2. The Morgan fingerprint density at radius 1 is 1.00 bits per heavy atom. The van der Waals surface area contributed by atoms with Crippen LogP contribution >= 0.6 is 34.5 Å². The smallest absolute Gasteiger partial charge is 0.159 e. The minimum atomic E-state index is 0.0652. The predicted molar refractivity (Wildman–Crippen MR) is 100.0 cm³/mol. The van der Waals surface area contributed by atoms with Gasteiger partial charge < -0.3 is 0 Å². The molecule has 3 aromatic rings. The van der Waals surface area contributed by atoms with Crippen LogP contribution in [0.5, 0.6) is 0 Å². The summed E-state index contributed by atoms with van der Waals surface area (Å²) in [6.07, 6.45) is 0. The fourth-order valence-electron chi connectivity index (χ4n) is 2.50. The number of aryl methyl sites for hydroxylation is 1. The number of carbonyl (C=O) groups excluding carboxylic acids is 1. The first-order valence-corrected chi connectivity index (χ1v) is 8.71. The highest BCUT2D eigenvalue weighted by molar-refractivity contribution is 7.19. The fourth-order valence-corrected chi connectivity index (χ4v) is 4.46. The molecule has 116 valence electrons. The van der Waals surface area contributed by atoms with E-state index in [1.165, 1.54) is 0 Å². The predicted octanol–water partition coefficient (Wildman–Crippen LogP) is 6.90. The second kappa shape index (κ2) is 6.48. The standard InChI is InChI=1S/C19H14Cl2OS/c1-11-9-17(18-15(20)7-4-8-16(18)21)23-19(11)14-6-3-5-13(10-14)12(2)22/h3-10H,1-2H3. The zero-order valence-corrected chi connectivity index (χ0v) is 15.0. The van der Waals surface area contributed by atoms with Crippen LogP contribution in [0, 0.1) is 6.92 Å². The van der Waals surface area contributed by atoms with Crippen LogP contribution in [0.1, 0.15) is 22.8 Å². The van der Waals surface area contributed by atoms with E-state index in [-0.39, 0.29) is 5.78 Å². The van der Waals surface area contributed by atoms with Crippen molar-refractivity contribution in [3.05, 3.63) is 69.7 Å². The van der Waals surface area contributed by atoms with Crippen LogP contribution in [0.25, 0.3) is 20.9 Å². The molecule has 23 heavy (non-hydrogen) atoms. The molecular weight excluding hydrogens is 347 g/mol. The van der Waals surface area contributed by atoms with Gasteiger partial charge in [-0.15, -0.1) is 11.3 Å². The molecule has 0 aliphatic heterocycles. The Labute approximate surface area is 149 Å². The lowest BCUT2D eigenvalue weighted by Crippen LogP contribution is -1.91. The van der Waals surface area contributed by atoms with Crippen LogP contribution in [0.4, 0.5) is 0 Å². The lowest BCUT2D eigenvalue weighted by molar-refractivity contribution is 0.101. The number of halogens is 2. The van der Waals surface area contributed by atoms with Crippen molar-refractivity contribution >= 4 is 40.3 Å². The van der Waals surface area contributed by atoms with E-state index >= 15 is 0 Å². The number of Topliss-reactive ketones (excluding diaryl/α,β-unsaturated/α-hetero) is 1. The average Bonchev–Trinajstić information content (AvgIpc) is 2.89. The number of hydrogen-bond acceptors (Lipinski definition) is 2.